The molecule has 64 valence electrons. The van der Waals surface area contributed by atoms with Crippen LogP contribution in [0.1, 0.15) is 27.2 Å². The smallest absolute Gasteiger partial charge is 0.00276 e. The summed E-state index contributed by atoms with van der Waals surface area (Å²) in [6.07, 6.45) is 7.52. The van der Waals surface area contributed by atoms with Crippen LogP contribution >= 0.6 is 0 Å². The molecule has 0 spiro atoms. The zero-order valence-electron chi connectivity index (χ0n) is 8.02. The van der Waals surface area contributed by atoms with Crippen molar-refractivity contribution in [2.45, 2.75) is 27.2 Å². The van der Waals surface area contributed by atoms with Gasteiger partial charge in [-0.15, -0.1) is 0 Å². The molecule has 0 aromatic rings. The molecule has 0 aliphatic rings. The van der Waals surface area contributed by atoms with Crippen molar-refractivity contribution in [3.63, 3.8) is 0 Å². The highest BCUT2D eigenvalue weighted by Gasteiger charge is 2.00. The molecule has 0 aromatic carbocycles. The molecule has 1 heteroatoms. The van der Waals surface area contributed by atoms with E-state index in [9.17, 15) is 0 Å². The van der Waals surface area contributed by atoms with E-state index in [-0.39, 0.29) is 0 Å². The van der Waals surface area contributed by atoms with Gasteiger partial charge in [0.2, 0.25) is 0 Å². The zero-order valence-corrected chi connectivity index (χ0v) is 8.02. The Morgan fingerprint density at radius 3 is 2.55 bits per heavy atom. The van der Waals surface area contributed by atoms with Gasteiger partial charge in [0, 0.05) is 7.05 Å². The summed E-state index contributed by atoms with van der Waals surface area (Å²) in [7, 11) is 1.94. The molecule has 1 unspecified atom stereocenters. The van der Waals surface area contributed by atoms with Crippen molar-refractivity contribution < 1.29 is 0 Å². The van der Waals surface area contributed by atoms with Crippen molar-refractivity contribution in [2.75, 3.05) is 7.05 Å². The summed E-state index contributed by atoms with van der Waals surface area (Å²) in [6.45, 7) is 6.46. The summed E-state index contributed by atoms with van der Waals surface area (Å²) in [4.78, 5) is 0. The highest BCUT2D eigenvalue weighted by molar-refractivity contribution is 5.10. The molecule has 0 saturated carbocycles. The summed E-state index contributed by atoms with van der Waals surface area (Å²) in [5.74, 6) is 0.567. The van der Waals surface area contributed by atoms with Crippen LogP contribution in [0.15, 0.2) is 23.9 Å². The largest absolute Gasteiger partial charge is 0.394 e. The van der Waals surface area contributed by atoms with Gasteiger partial charge in [-0.2, -0.15) is 0 Å². The summed E-state index contributed by atoms with van der Waals surface area (Å²) < 4.78 is 0. The van der Waals surface area contributed by atoms with E-state index in [0.29, 0.717) is 5.92 Å². The number of allylic oxidation sites excluding steroid dienone is 3. The molecule has 0 heterocycles. The van der Waals surface area contributed by atoms with Crippen LogP contribution < -0.4 is 5.32 Å². The predicted molar refractivity (Wildman–Crippen MR) is 51.4 cm³/mol. The minimum Gasteiger partial charge on any atom is -0.394 e. The fraction of sp³-hybridized carbons (Fsp3) is 0.600. The molecule has 1 nitrogen and oxygen atoms in total. The third-order valence-corrected chi connectivity index (χ3v) is 1.80. The van der Waals surface area contributed by atoms with E-state index < -0.39 is 0 Å². The van der Waals surface area contributed by atoms with Crippen molar-refractivity contribution in [1.29, 1.82) is 0 Å². The molecular formula is C10H19N. The maximum atomic E-state index is 3.06. The topological polar surface area (TPSA) is 12.0 Å². The fourth-order valence-electron chi connectivity index (χ4n) is 1.15. The predicted octanol–water partition coefficient (Wildman–Crippen LogP) is 2.71. The first-order chi connectivity index (χ1) is 5.26. The maximum Gasteiger partial charge on any atom is 0.00276 e. The van der Waals surface area contributed by atoms with Gasteiger partial charge in [-0.05, 0) is 31.0 Å². The van der Waals surface area contributed by atoms with Crippen LogP contribution in [0.5, 0.6) is 0 Å². The van der Waals surface area contributed by atoms with Gasteiger partial charge in [-0.3, -0.25) is 0 Å². The average molecular weight is 153 g/mol. The molecule has 1 atom stereocenters. The third-order valence-electron chi connectivity index (χ3n) is 1.80. The second-order valence-corrected chi connectivity index (χ2v) is 2.68. The molecule has 0 fully saturated rings. The van der Waals surface area contributed by atoms with E-state index in [1.54, 1.807) is 0 Å². The van der Waals surface area contributed by atoms with Crippen LogP contribution in [-0.4, -0.2) is 7.05 Å². The molecule has 0 rings (SSSR count). The lowest BCUT2D eigenvalue weighted by Gasteiger charge is -2.09. The maximum absolute atomic E-state index is 3.06. The zero-order chi connectivity index (χ0) is 8.69. The minimum atomic E-state index is 0.567. The summed E-state index contributed by atoms with van der Waals surface area (Å²) in [5.41, 5.74) is 1.45. The Hall–Kier alpha value is -0.720. The van der Waals surface area contributed by atoms with Crippen molar-refractivity contribution in [1.82, 2.24) is 5.32 Å². The van der Waals surface area contributed by atoms with Gasteiger partial charge in [0.25, 0.3) is 0 Å². The SMILES string of the molecule is C/C=C\C(C)/C(=C/NC)CC. The lowest BCUT2D eigenvalue weighted by molar-refractivity contribution is 0.791. The first-order valence-electron chi connectivity index (χ1n) is 4.25. The van der Waals surface area contributed by atoms with Crippen molar-refractivity contribution in [2.24, 2.45) is 5.92 Å². The molecule has 0 aliphatic carbocycles. The first-order valence-corrected chi connectivity index (χ1v) is 4.25. The molecule has 0 amide bonds. The number of nitrogens with one attached hydrogen (secondary N) is 1. The van der Waals surface area contributed by atoms with Gasteiger partial charge in [0.1, 0.15) is 0 Å². The van der Waals surface area contributed by atoms with E-state index in [2.05, 4.69) is 44.4 Å². The summed E-state index contributed by atoms with van der Waals surface area (Å²) in [5, 5.41) is 3.06. The molecule has 11 heavy (non-hydrogen) atoms. The Morgan fingerprint density at radius 1 is 1.55 bits per heavy atom. The first kappa shape index (κ1) is 10.3. The average Bonchev–Trinajstić information content (AvgIpc) is 2.00. The Morgan fingerprint density at radius 2 is 2.18 bits per heavy atom. The van der Waals surface area contributed by atoms with E-state index in [4.69, 9.17) is 0 Å². The van der Waals surface area contributed by atoms with Gasteiger partial charge in [-0.1, -0.05) is 26.0 Å². The Balaban J connectivity index is 4.13. The molecular weight excluding hydrogens is 134 g/mol. The number of hydrogen-bond acceptors (Lipinski definition) is 1. The van der Waals surface area contributed by atoms with Crippen molar-refractivity contribution in [3.05, 3.63) is 23.9 Å². The second-order valence-electron chi connectivity index (χ2n) is 2.68. The molecule has 0 radical (unpaired) electrons. The highest BCUT2D eigenvalue weighted by Crippen LogP contribution is 2.14. The normalized spacial score (nSPS) is 15.5. The molecule has 0 bridgehead atoms. The monoisotopic (exact) mass is 153 g/mol. The minimum absolute atomic E-state index is 0.567. The van der Waals surface area contributed by atoms with Crippen LogP contribution in [-0.2, 0) is 0 Å². The van der Waals surface area contributed by atoms with E-state index in [0.717, 1.165) is 6.42 Å². The lowest BCUT2D eigenvalue weighted by atomic mass is 9.99. The van der Waals surface area contributed by atoms with Crippen molar-refractivity contribution >= 4 is 0 Å². The standard InChI is InChI=1S/C10H19N/c1-5-7-9(3)10(6-2)8-11-4/h5,7-9,11H,6H2,1-4H3/b7-5-,10-8+. The highest BCUT2D eigenvalue weighted by atomic mass is 14.8. The molecule has 0 aliphatic heterocycles. The van der Waals surface area contributed by atoms with Crippen LogP contribution in [0.3, 0.4) is 0 Å². The van der Waals surface area contributed by atoms with Gasteiger partial charge in [0.15, 0.2) is 0 Å². The molecule has 0 saturated heterocycles. The third kappa shape index (κ3) is 3.87. The van der Waals surface area contributed by atoms with Crippen molar-refractivity contribution in [3.8, 4) is 0 Å². The number of rotatable bonds is 4. The quantitative estimate of drug-likeness (QED) is 0.612. The summed E-state index contributed by atoms with van der Waals surface area (Å²) in [6, 6.07) is 0. The van der Waals surface area contributed by atoms with Gasteiger partial charge >= 0.3 is 0 Å². The molecule has 0 aromatic heterocycles. The Bertz CT molecular complexity index is 145. The summed E-state index contributed by atoms with van der Waals surface area (Å²) >= 11 is 0. The van der Waals surface area contributed by atoms with Gasteiger partial charge in [0.05, 0.1) is 0 Å². The van der Waals surface area contributed by atoms with Crippen LogP contribution in [0.2, 0.25) is 0 Å². The lowest BCUT2D eigenvalue weighted by Crippen LogP contribution is -2.01. The second kappa shape index (κ2) is 6.02. The Kier molecular flexibility index (Phi) is 5.63. The fourth-order valence-corrected chi connectivity index (χ4v) is 1.15. The van der Waals surface area contributed by atoms with E-state index in [1.807, 2.05) is 7.05 Å². The number of hydrogen-bond donors (Lipinski definition) is 1. The Labute approximate surface area is 70.2 Å². The van der Waals surface area contributed by atoms with Gasteiger partial charge < -0.3 is 5.32 Å². The van der Waals surface area contributed by atoms with Gasteiger partial charge in [-0.25, -0.2) is 0 Å². The van der Waals surface area contributed by atoms with Crippen LogP contribution in [0, 0.1) is 5.92 Å². The van der Waals surface area contributed by atoms with Crippen LogP contribution in [0.4, 0.5) is 0 Å². The van der Waals surface area contributed by atoms with E-state index >= 15 is 0 Å². The van der Waals surface area contributed by atoms with E-state index in [1.165, 1.54) is 5.57 Å². The molecule has 1 N–H and O–H groups in total. The van der Waals surface area contributed by atoms with Crippen LogP contribution in [0.25, 0.3) is 0 Å².